The van der Waals surface area contributed by atoms with Crippen LogP contribution in [-0.4, -0.2) is 38.0 Å². The third kappa shape index (κ3) is 3.61. The van der Waals surface area contributed by atoms with E-state index in [0.29, 0.717) is 6.61 Å². The SMILES string of the molecule is CCOc1ccccc1OC(C)(C)C1CNCCO1. The average molecular weight is 265 g/mol. The van der Waals surface area contributed by atoms with E-state index in [1.54, 1.807) is 0 Å². The Balaban J connectivity index is 2.10. The van der Waals surface area contributed by atoms with Gasteiger partial charge in [-0.05, 0) is 32.9 Å². The minimum atomic E-state index is -0.402. The van der Waals surface area contributed by atoms with Gasteiger partial charge in [0.1, 0.15) is 11.7 Å². The topological polar surface area (TPSA) is 39.7 Å². The quantitative estimate of drug-likeness (QED) is 0.886. The summed E-state index contributed by atoms with van der Waals surface area (Å²) in [4.78, 5) is 0. The zero-order valence-corrected chi connectivity index (χ0v) is 11.9. The summed E-state index contributed by atoms with van der Waals surface area (Å²) in [5.74, 6) is 1.55. The van der Waals surface area contributed by atoms with Crippen molar-refractivity contribution in [2.75, 3.05) is 26.3 Å². The number of ether oxygens (including phenoxy) is 3. The number of rotatable bonds is 5. The van der Waals surface area contributed by atoms with E-state index >= 15 is 0 Å². The van der Waals surface area contributed by atoms with Crippen molar-refractivity contribution in [1.29, 1.82) is 0 Å². The first-order chi connectivity index (χ1) is 9.13. The molecule has 0 saturated carbocycles. The molecule has 0 radical (unpaired) electrons. The summed E-state index contributed by atoms with van der Waals surface area (Å²) < 4.78 is 17.5. The van der Waals surface area contributed by atoms with Crippen molar-refractivity contribution in [2.45, 2.75) is 32.5 Å². The summed E-state index contributed by atoms with van der Waals surface area (Å²) in [6, 6.07) is 7.76. The second-order valence-corrected chi connectivity index (χ2v) is 5.15. The molecule has 0 aromatic heterocycles. The predicted molar refractivity (Wildman–Crippen MR) is 74.9 cm³/mol. The first-order valence-electron chi connectivity index (χ1n) is 6.86. The molecule has 0 bridgehead atoms. The summed E-state index contributed by atoms with van der Waals surface area (Å²) in [5.41, 5.74) is -0.402. The molecule has 1 aromatic carbocycles. The lowest BCUT2D eigenvalue weighted by molar-refractivity contribution is -0.0861. The Morgan fingerprint density at radius 3 is 2.68 bits per heavy atom. The van der Waals surface area contributed by atoms with Gasteiger partial charge in [0, 0.05) is 13.1 Å². The van der Waals surface area contributed by atoms with Crippen LogP contribution in [0.15, 0.2) is 24.3 Å². The Hall–Kier alpha value is -1.26. The number of hydrogen-bond acceptors (Lipinski definition) is 4. The summed E-state index contributed by atoms with van der Waals surface area (Å²) in [6.45, 7) is 9.13. The van der Waals surface area contributed by atoms with Crippen molar-refractivity contribution >= 4 is 0 Å². The first-order valence-corrected chi connectivity index (χ1v) is 6.86. The van der Waals surface area contributed by atoms with Gasteiger partial charge in [-0.15, -0.1) is 0 Å². The molecule has 2 rings (SSSR count). The minimum absolute atomic E-state index is 0.0379. The van der Waals surface area contributed by atoms with Crippen LogP contribution in [0.25, 0.3) is 0 Å². The highest BCUT2D eigenvalue weighted by Crippen LogP contribution is 2.31. The summed E-state index contributed by atoms with van der Waals surface area (Å²) in [6.07, 6.45) is 0.0379. The van der Waals surface area contributed by atoms with Gasteiger partial charge < -0.3 is 19.5 Å². The molecule has 1 unspecified atom stereocenters. The Kier molecular flexibility index (Phi) is 4.66. The van der Waals surface area contributed by atoms with Crippen LogP contribution in [-0.2, 0) is 4.74 Å². The number of morpholine rings is 1. The molecule has 0 aliphatic carbocycles. The van der Waals surface area contributed by atoms with E-state index < -0.39 is 5.60 Å². The number of benzene rings is 1. The van der Waals surface area contributed by atoms with Crippen molar-refractivity contribution in [3.05, 3.63) is 24.3 Å². The number of para-hydroxylation sites is 2. The van der Waals surface area contributed by atoms with Crippen LogP contribution >= 0.6 is 0 Å². The van der Waals surface area contributed by atoms with E-state index in [1.807, 2.05) is 45.0 Å². The molecule has 1 aliphatic rings. The predicted octanol–water partition coefficient (Wildman–Crippen LogP) is 2.23. The van der Waals surface area contributed by atoms with Gasteiger partial charge in [0.15, 0.2) is 11.5 Å². The van der Waals surface area contributed by atoms with Crippen molar-refractivity contribution in [1.82, 2.24) is 5.32 Å². The molecule has 1 heterocycles. The second kappa shape index (κ2) is 6.26. The van der Waals surface area contributed by atoms with Gasteiger partial charge in [0.05, 0.1) is 13.2 Å². The molecular formula is C15H23NO3. The van der Waals surface area contributed by atoms with Gasteiger partial charge in [0.2, 0.25) is 0 Å². The molecule has 1 aliphatic heterocycles. The molecule has 1 aromatic rings. The molecule has 106 valence electrons. The number of hydrogen-bond donors (Lipinski definition) is 1. The van der Waals surface area contributed by atoms with E-state index in [4.69, 9.17) is 14.2 Å². The third-order valence-corrected chi connectivity index (χ3v) is 3.23. The maximum Gasteiger partial charge on any atom is 0.162 e. The Labute approximate surface area is 115 Å². The summed E-state index contributed by atoms with van der Waals surface area (Å²) in [7, 11) is 0. The van der Waals surface area contributed by atoms with Crippen LogP contribution in [0.1, 0.15) is 20.8 Å². The van der Waals surface area contributed by atoms with E-state index in [1.165, 1.54) is 0 Å². The average Bonchev–Trinajstić information content (AvgIpc) is 2.42. The highest BCUT2D eigenvalue weighted by Gasteiger charge is 2.34. The molecule has 1 fully saturated rings. The van der Waals surface area contributed by atoms with Gasteiger partial charge in [-0.3, -0.25) is 0 Å². The first kappa shape index (κ1) is 14.2. The summed E-state index contributed by atoms with van der Waals surface area (Å²) in [5, 5.41) is 3.33. The van der Waals surface area contributed by atoms with E-state index in [2.05, 4.69) is 5.32 Å². The van der Waals surface area contributed by atoms with Crippen molar-refractivity contribution < 1.29 is 14.2 Å². The zero-order chi connectivity index (χ0) is 13.7. The molecule has 0 spiro atoms. The molecule has 1 saturated heterocycles. The van der Waals surface area contributed by atoms with Gasteiger partial charge in [-0.2, -0.15) is 0 Å². The van der Waals surface area contributed by atoms with Crippen molar-refractivity contribution in [3.63, 3.8) is 0 Å². The smallest absolute Gasteiger partial charge is 0.162 e. The van der Waals surface area contributed by atoms with Crippen LogP contribution in [0.4, 0.5) is 0 Å². The van der Waals surface area contributed by atoms with Crippen LogP contribution in [0.5, 0.6) is 11.5 Å². The lowest BCUT2D eigenvalue weighted by Crippen LogP contribution is -2.53. The summed E-state index contributed by atoms with van der Waals surface area (Å²) >= 11 is 0. The highest BCUT2D eigenvalue weighted by molar-refractivity contribution is 5.40. The molecule has 0 amide bonds. The van der Waals surface area contributed by atoms with E-state index in [9.17, 15) is 0 Å². The lowest BCUT2D eigenvalue weighted by Gasteiger charge is -2.37. The second-order valence-electron chi connectivity index (χ2n) is 5.15. The zero-order valence-electron chi connectivity index (χ0n) is 11.9. The monoisotopic (exact) mass is 265 g/mol. The normalized spacial score (nSPS) is 20.1. The largest absolute Gasteiger partial charge is 0.490 e. The van der Waals surface area contributed by atoms with Crippen LogP contribution in [0.2, 0.25) is 0 Å². The fourth-order valence-electron chi connectivity index (χ4n) is 2.17. The maximum atomic E-state index is 6.14. The van der Waals surface area contributed by atoms with E-state index in [0.717, 1.165) is 31.2 Å². The van der Waals surface area contributed by atoms with Gasteiger partial charge in [-0.25, -0.2) is 0 Å². The molecule has 1 N–H and O–H groups in total. The third-order valence-electron chi connectivity index (χ3n) is 3.23. The Morgan fingerprint density at radius 2 is 2.05 bits per heavy atom. The Morgan fingerprint density at radius 1 is 1.32 bits per heavy atom. The van der Waals surface area contributed by atoms with Gasteiger partial charge >= 0.3 is 0 Å². The molecular weight excluding hydrogens is 242 g/mol. The highest BCUT2D eigenvalue weighted by atomic mass is 16.6. The van der Waals surface area contributed by atoms with Crippen LogP contribution in [0.3, 0.4) is 0 Å². The molecule has 4 nitrogen and oxygen atoms in total. The lowest BCUT2D eigenvalue weighted by atomic mass is 10.00. The number of nitrogens with one attached hydrogen (secondary N) is 1. The van der Waals surface area contributed by atoms with Gasteiger partial charge in [0.25, 0.3) is 0 Å². The minimum Gasteiger partial charge on any atom is -0.490 e. The fraction of sp³-hybridized carbons (Fsp3) is 0.600. The van der Waals surface area contributed by atoms with Crippen LogP contribution < -0.4 is 14.8 Å². The van der Waals surface area contributed by atoms with Crippen molar-refractivity contribution in [2.24, 2.45) is 0 Å². The maximum absolute atomic E-state index is 6.14. The van der Waals surface area contributed by atoms with Crippen LogP contribution in [0, 0.1) is 0 Å². The molecule has 4 heteroatoms. The van der Waals surface area contributed by atoms with E-state index in [-0.39, 0.29) is 6.10 Å². The van der Waals surface area contributed by atoms with Crippen molar-refractivity contribution in [3.8, 4) is 11.5 Å². The molecule has 19 heavy (non-hydrogen) atoms. The molecule has 1 atom stereocenters. The Bertz CT molecular complexity index is 400. The standard InChI is InChI=1S/C15H23NO3/c1-4-17-12-7-5-6-8-13(12)19-15(2,3)14-11-16-9-10-18-14/h5-8,14,16H,4,9-11H2,1-3H3. The fourth-order valence-corrected chi connectivity index (χ4v) is 2.17. The van der Waals surface area contributed by atoms with Gasteiger partial charge in [-0.1, -0.05) is 12.1 Å².